The van der Waals surface area contributed by atoms with Gasteiger partial charge in [-0.3, -0.25) is 4.79 Å². The molecule has 0 bridgehead atoms. The zero-order chi connectivity index (χ0) is 19.4. The van der Waals surface area contributed by atoms with Crippen molar-refractivity contribution in [3.8, 4) is 0 Å². The van der Waals surface area contributed by atoms with E-state index in [-0.39, 0.29) is 16.8 Å². The first-order valence-corrected chi connectivity index (χ1v) is 10.8. The van der Waals surface area contributed by atoms with Gasteiger partial charge in [-0.25, -0.2) is 8.42 Å². The second-order valence-corrected chi connectivity index (χ2v) is 8.96. The molecular formula is C21H26N2O3S. The molecule has 1 heterocycles. The molecule has 3 rings (SSSR count). The first kappa shape index (κ1) is 19.6. The molecule has 0 aliphatic carbocycles. The molecule has 0 radical (unpaired) electrons. The van der Waals surface area contributed by atoms with Crippen molar-refractivity contribution in [2.24, 2.45) is 0 Å². The lowest BCUT2D eigenvalue weighted by Gasteiger charge is -2.26. The molecule has 2 aromatic carbocycles. The Morgan fingerprint density at radius 3 is 2.37 bits per heavy atom. The van der Waals surface area contributed by atoms with Crippen LogP contribution in [0.25, 0.3) is 0 Å². The quantitative estimate of drug-likeness (QED) is 0.853. The lowest BCUT2D eigenvalue weighted by Crippen LogP contribution is -2.36. The average Bonchev–Trinajstić information content (AvgIpc) is 2.69. The number of rotatable bonds is 5. The fraction of sp³-hybridized carbons (Fsp3) is 0.381. The number of carbonyl (C=O) groups excluding carboxylic acids is 1. The molecule has 6 heteroatoms. The molecule has 144 valence electrons. The van der Waals surface area contributed by atoms with Gasteiger partial charge in [-0.1, -0.05) is 42.8 Å². The molecule has 1 aliphatic heterocycles. The van der Waals surface area contributed by atoms with Crippen molar-refractivity contribution in [1.29, 1.82) is 0 Å². The Labute approximate surface area is 161 Å². The van der Waals surface area contributed by atoms with Gasteiger partial charge < -0.3 is 5.32 Å². The summed E-state index contributed by atoms with van der Waals surface area (Å²) in [6.07, 6.45) is 2.82. The van der Waals surface area contributed by atoms with Gasteiger partial charge in [-0.2, -0.15) is 4.31 Å². The van der Waals surface area contributed by atoms with E-state index in [0.29, 0.717) is 24.2 Å². The molecule has 0 saturated carbocycles. The Kier molecular flexibility index (Phi) is 5.97. The van der Waals surface area contributed by atoms with E-state index >= 15 is 0 Å². The standard InChI is InChI=1S/C21H26N2O3S/c1-16-11-12-19(21(24)22-17(2)18-9-5-3-6-10-18)15-20(16)27(25,26)23-13-7-4-8-14-23/h3,5-6,9-12,15,17H,4,7-8,13-14H2,1-2H3,(H,22,24). The summed E-state index contributed by atoms with van der Waals surface area (Å²) in [7, 11) is -3.58. The van der Waals surface area contributed by atoms with Gasteiger partial charge in [-0.15, -0.1) is 0 Å². The van der Waals surface area contributed by atoms with Gasteiger partial charge in [0.25, 0.3) is 5.91 Å². The zero-order valence-electron chi connectivity index (χ0n) is 15.8. The van der Waals surface area contributed by atoms with Crippen molar-refractivity contribution < 1.29 is 13.2 Å². The molecule has 2 aromatic rings. The highest BCUT2D eigenvalue weighted by Gasteiger charge is 2.28. The van der Waals surface area contributed by atoms with Crippen molar-refractivity contribution in [3.05, 3.63) is 65.2 Å². The summed E-state index contributed by atoms with van der Waals surface area (Å²) in [6.45, 7) is 4.77. The van der Waals surface area contributed by atoms with Gasteiger partial charge in [0, 0.05) is 18.7 Å². The third-order valence-corrected chi connectivity index (χ3v) is 7.07. The topological polar surface area (TPSA) is 66.5 Å². The minimum atomic E-state index is -3.58. The first-order valence-electron chi connectivity index (χ1n) is 9.36. The Hall–Kier alpha value is -2.18. The molecular weight excluding hydrogens is 360 g/mol. The molecule has 1 aliphatic rings. The summed E-state index contributed by atoms with van der Waals surface area (Å²) in [6, 6.07) is 14.4. The largest absolute Gasteiger partial charge is 0.346 e. The lowest BCUT2D eigenvalue weighted by molar-refractivity contribution is 0.0939. The second-order valence-electron chi connectivity index (χ2n) is 7.05. The Morgan fingerprint density at radius 1 is 1.04 bits per heavy atom. The van der Waals surface area contributed by atoms with E-state index in [4.69, 9.17) is 0 Å². The highest BCUT2D eigenvalue weighted by atomic mass is 32.2. The van der Waals surface area contributed by atoms with Crippen molar-refractivity contribution in [3.63, 3.8) is 0 Å². The third-order valence-electron chi connectivity index (χ3n) is 5.03. The number of benzene rings is 2. The normalized spacial score (nSPS) is 16.7. The number of hydrogen-bond acceptors (Lipinski definition) is 3. The molecule has 1 fully saturated rings. The number of carbonyl (C=O) groups is 1. The fourth-order valence-corrected chi connectivity index (χ4v) is 5.14. The number of hydrogen-bond donors (Lipinski definition) is 1. The van der Waals surface area contributed by atoms with E-state index in [1.807, 2.05) is 37.3 Å². The number of aryl methyl sites for hydroxylation is 1. The number of amides is 1. The number of piperidine rings is 1. The average molecular weight is 387 g/mol. The highest BCUT2D eigenvalue weighted by molar-refractivity contribution is 7.89. The van der Waals surface area contributed by atoms with Crippen LogP contribution in [0.15, 0.2) is 53.4 Å². The van der Waals surface area contributed by atoms with Gasteiger partial charge >= 0.3 is 0 Å². The fourth-order valence-electron chi connectivity index (χ4n) is 3.37. The van der Waals surface area contributed by atoms with Crippen molar-refractivity contribution >= 4 is 15.9 Å². The maximum absolute atomic E-state index is 13.0. The van der Waals surface area contributed by atoms with E-state index in [2.05, 4.69) is 5.32 Å². The van der Waals surface area contributed by atoms with Crippen molar-refractivity contribution in [1.82, 2.24) is 9.62 Å². The molecule has 1 saturated heterocycles. The van der Waals surface area contributed by atoms with Crippen molar-refractivity contribution in [2.75, 3.05) is 13.1 Å². The maximum atomic E-state index is 13.0. The number of nitrogens with zero attached hydrogens (tertiary/aromatic N) is 1. The van der Waals surface area contributed by atoms with Crippen LogP contribution in [-0.2, 0) is 10.0 Å². The van der Waals surface area contributed by atoms with Crippen LogP contribution in [0, 0.1) is 6.92 Å². The predicted octanol–water partition coefficient (Wildman–Crippen LogP) is 3.66. The number of nitrogens with one attached hydrogen (secondary N) is 1. The molecule has 27 heavy (non-hydrogen) atoms. The third kappa shape index (κ3) is 4.39. The van der Waals surface area contributed by atoms with Crippen LogP contribution in [0.4, 0.5) is 0 Å². The molecule has 5 nitrogen and oxygen atoms in total. The summed E-state index contributed by atoms with van der Waals surface area (Å²) < 4.78 is 27.6. The van der Waals surface area contributed by atoms with Crippen LogP contribution < -0.4 is 5.32 Å². The molecule has 1 atom stereocenters. The van der Waals surface area contributed by atoms with Crippen LogP contribution in [-0.4, -0.2) is 31.7 Å². The SMILES string of the molecule is Cc1ccc(C(=O)NC(C)c2ccccc2)cc1S(=O)(=O)N1CCCCC1. The zero-order valence-corrected chi connectivity index (χ0v) is 16.6. The van der Waals surface area contributed by atoms with Gasteiger partial charge in [0.15, 0.2) is 0 Å². The van der Waals surface area contributed by atoms with Crippen LogP contribution >= 0.6 is 0 Å². The first-order chi connectivity index (χ1) is 12.9. The summed E-state index contributed by atoms with van der Waals surface area (Å²) >= 11 is 0. The summed E-state index contributed by atoms with van der Waals surface area (Å²) in [5, 5.41) is 2.94. The van der Waals surface area contributed by atoms with Crippen LogP contribution in [0.3, 0.4) is 0 Å². The minimum absolute atomic E-state index is 0.165. The highest BCUT2D eigenvalue weighted by Crippen LogP contribution is 2.24. The minimum Gasteiger partial charge on any atom is -0.346 e. The summed E-state index contributed by atoms with van der Waals surface area (Å²) in [5.74, 6) is -0.276. The molecule has 1 amide bonds. The Morgan fingerprint density at radius 2 is 1.70 bits per heavy atom. The number of sulfonamides is 1. The summed E-state index contributed by atoms with van der Waals surface area (Å²) in [4.78, 5) is 12.9. The van der Waals surface area contributed by atoms with E-state index in [0.717, 1.165) is 24.8 Å². The molecule has 1 unspecified atom stereocenters. The second kappa shape index (κ2) is 8.23. The van der Waals surface area contributed by atoms with Crippen molar-refractivity contribution in [2.45, 2.75) is 44.0 Å². The monoisotopic (exact) mass is 386 g/mol. The van der Waals surface area contributed by atoms with E-state index in [1.165, 1.54) is 10.4 Å². The van der Waals surface area contributed by atoms with Gasteiger partial charge in [0.05, 0.1) is 10.9 Å². The smallest absolute Gasteiger partial charge is 0.251 e. The van der Waals surface area contributed by atoms with E-state index < -0.39 is 10.0 Å². The molecule has 1 N–H and O–H groups in total. The van der Waals surface area contributed by atoms with Crippen LogP contribution in [0.1, 0.15) is 53.7 Å². The van der Waals surface area contributed by atoms with Gasteiger partial charge in [0.2, 0.25) is 10.0 Å². The van der Waals surface area contributed by atoms with Crippen LogP contribution in [0.2, 0.25) is 0 Å². The molecule has 0 spiro atoms. The van der Waals surface area contributed by atoms with E-state index in [1.54, 1.807) is 19.1 Å². The molecule has 0 aromatic heterocycles. The predicted molar refractivity (Wildman–Crippen MR) is 106 cm³/mol. The Bertz CT molecular complexity index is 904. The van der Waals surface area contributed by atoms with E-state index in [9.17, 15) is 13.2 Å². The Balaban J connectivity index is 1.83. The maximum Gasteiger partial charge on any atom is 0.251 e. The summed E-state index contributed by atoms with van der Waals surface area (Å²) in [5.41, 5.74) is 2.02. The van der Waals surface area contributed by atoms with Crippen LogP contribution in [0.5, 0.6) is 0 Å². The van der Waals surface area contributed by atoms with Gasteiger partial charge in [0.1, 0.15) is 0 Å². The van der Waals surface area contributed by atoms with Gasteiger partial charge in [-0.05, 0) is 49.9 Å². The lowest BCUT2D eigenvalue weighted by atomic mass is 10.1.